The van der Waals surface area contributed by atoms with Crippen LogP contribution in [0.5, 0.6) is 0 Å². The van der Waals surface area contributed by atoms with Crippen LogP contribution in [0.25, 0.3) is 0 Å². The second kappa shape index (κ2) is 4.80. The smallest absolute Gasteiger partial charge is 0.373 e. The van der Waals surface area contributed by atoms with E-state index in [-0.39, 0.29) is 22.4 Å². The molecule has 3 heterocycles. The number of carbonyl (C=O) groups is 2. The Labute approximate surface area is 137 Å². The van der Waals surface area contributed by atoms with Crippen molar-refractivity contribution in [2.75, 3.05) is 4.90 Å². The fraction of sp³-hybridized carbons (Fsp3) is 0.467. The SMILES string of the molecule is O=C1[C@@H]2[C@H](C(=O)N1c1ccc(Br)c(C(F)(F)F)c1)[C@H]1CC[C@@H]2O1. The van der Waals surface area contributed by atoms with E-state index < -0.39 is 35.4 Å². The van der Waals surface area contributed by atoms with Crippen LogP contribution in [0.1, 0.15) is 18.4 Å². The first-order valence-electron chi connectivity index (χ1n) is 7.19. The van der Waals surface area contributed by atoms with E-state index >= 15 is 0 Å². The van der Waals surface area contributed by atoms with Crippen LogP contribution in [-0.4, -0.2) is 24.0 Å². The maximum absolute atomic E-state index is 13.0. The first kappa shape index (κ1) is 15.1. The van der Waals surface area contributed by atoms with Gasteiger partial charge in [0.05, 0.1) is 35.3 Å². The molecule has 4 atom stereocenters. The standard InChI is InChI=1S/C15H11BrF3NO3/c16-8-2-1-6(5-7(8)15(17,18)19)20-13(21)11-9-3-4-10(23-9)12(11)14(20)22/h1-2,5,9-12H,3-4H2/t9-,10+,11-,12+. The molecule has 0 radical (unpaired) electrons. The molecule has 2 bridgehead atoms. The molecule has 8 heteroatoms. The minimum Gasteiger partial charge on any atom is -0.373 e. The largest absolute Gasteiger partial charge is 0.417 e. The topological polar surface area (TPSA) is 46.6 Å². The average molecular weight is 390 g/mol. The quantitative estimate of drug-likeness (QED) is 0.693. The third-order valence-electron chi connectivity index (χ3n) is 4.80. The molecule has 0 saturated carbocycles. The predicted molar refractivity (Wildman–Crippen MR) is 76.5 cm³/mol. The summed E-state index contributed by atoms with van der Waals surface area (Å²) in [5.41, 5.74) is -0.948. The zero-order valence-electron chi connectivity index (χ0n) is 11.6. The molecule has 4 nitrogen and oxygen atoms in total. The van der Waals surface area contributed by atoms with Gasteiger partial charge in [0.1, 0.15) is 0 Å². The van der Waals surface area contributed by atoms with E-state index in [0.29, 0.717) is 12.8 Å². The summed E-state index contributed by atoms with van der Waals surface area (Å²) >= 11 is 2.85. The number of benzene rings is 1. The lowest BCUT2D eigenvalue weighted by Gasteiger charge is -2.19. The molecule has 2 amide bonds. The van der Waals surface area contributed by atoms with Crippen molar-refractivity contribution in [2.45, 2.75) is 31.2 Å². The first-order valence-corrected chi connectivity index (χ1v) is 7.98. The number of hydrogen-bond acceptors (Lipinski definition) is 3. The molecule has 0 aromatic heterocycles. The van der Waals surface area contributed by atoms with Gasteiger partial charge in [0.15, 0.2) is 0 Å². The lowest BCUT2D eigenvalue weighted by atomic mass is 9.81. The van der Waals surface area contributed by atoms with Gasteiger partial charge >= 0.3 is 6.18 Å². The third-order valence-corrected chi connectivity index (χ3v) is 5.49. The van der Waals surface area contributed by atoms with Crippen LogP contribution < -0.4 is 4.90 Å². The molecule has 0 unspecified atom stereocenters. The Morgan fingerprint density at radius 1 is 1.09 bits per heavy atom. The monoisotopic (exact) mass is 389 g/mol. The molecule has 3 aliphatic rings. The van der Waals surface area contributed by atoms with Crippen molar-refractivity contribution in [3.8, 4) is 0 Å². The minimum atomic E-state index is -4.57. The Kier molecular flexibility index (Phi) is 3.16. The summed E-state index contributed by atoms with van der Waals surface area (Å²) in [5, 5.41) is 0. The van der Waals surface area contributed by atoms with Gasteiger partial charge < -0.3 is 4.74 Å². The van der Waals surface area contributed by atoms with Crippen molar-refractivity contribution in [1.82, 2.24) is 0 Å². The van der Waals surface area contributed by atoms with Crippen molar-refractivity contribution in [3.05, 3.63) is 28.2 Å². The predicted octanol–water partition coefficient (Wildman–Crippen LogP) is 3.13. The van der Waals surface area contributed by atoms with Crippen LogP contribution in [0.15, 0.2) is 22.7 Å². The first-order chi connectivity index (χ1) is 10.8. The fourth-order valence-electron chi connectivity index (χ4n) is 3.84. The van der Waals surface area contributed by atoms with Gasteiger partial charge in [-0.1, -0.05) is 15.9 Å². The molecule has 3 fully saturated rings. The number of rotatable bonds is 1. The van der Waals surface area contributed by atoms with Crippen molar-refractivity contribution in [2.24, 2.45) is 11.8 Å². The highest BCUT2D eigenvalue weighted by atomic mass is 79.9. The number of hydrogen-bond donors (Lipinski definition) is 0. The summed E-state index contributed by atoms with van der Waals surface area (Å²) in [6.45, 7) is 0. The minimum absolute atomic E-state index is 0.0377. The van der Waals surface area contributed by atoms with Gasteiger partial charge in [0, 0.05) is 4.47 Å². The second-order valence-electron chi connectivity index (χ2n) is 6.02. The second-order valence-corrected chi connectivity index (χ2v) is 6.87. The van der Waals surface area contributed by atoms with Gasteiger partial charge in [-0.2, -0.15) is 13.2 Å². The van der Waals surface area contributed by atoms with Crippen LogP contribution >= 0.6 is 15.9 Å². The maximum atomic E-state index is 13.0. The molecule has 4 rings (SSSR count). The van der Waals surface area contributed by atoms with E-state index in [1.54, 1.807) is 0 Å². The highest BCUT2D eigenvalue weighted by molar-refractivity contribution is 9.10. The number of imide groups is 1. The lowest BCUT2D eigenvalue weighted by molar-refractivity contribution is -0.138. The summed E-state index contributed by atoms with van der Waals surface area (Å²) < 4.78 is 44.6. The van der Waals surface area contributed by atoms with Crippen LogP contribution in [-0.2, 0) is 20.5 Å². The normalized spacial score (nSPS) is 32.8. The summed E-state index contributed by atoms with van der Waals surface area (Å²) in [4.78, 5) is 26.0. The Morgan fingerprint density at radius 3 is 2.17 bits per heavy atom. The zero-order valence-corrected chi connectivity index (χ0v) is 13.2. The average Bonchev–Trinajstić information content (AvgIpc) is 3.13. The number of fused-ring (bicyclic) bond motifs is 5. The summed E-state index contributed by atoms with van der Waals surface area (Å²) in [7, 11) is 0. The van der Waals surface area contributed by atoms with Crippen molar-refractivity contribution >= 4 is 33.4 Å². The number of halogens is 4. The Hall–Kier alpha value is -1.41. The molecule has 0 N–H and O–H groups in total. The van der Waals surface area contributed by atoms with E-state index in [1.807, 2.05) is 0 Å². The fourth-order valence-corrected chi connectivity index (χ4v) is 4.31. The van der Waals surface area contributed by atoms with Gasteiger partial charge in [0.2, 0.25) is 11.8 Å². The van der Waals surface area contributed by atoms with Crippen LogP contribution in [0, 0.1) is 11.8 Å². The zero-order chi connectivity index (χ0) is 16.5. The van der Waals surface area contributed by atoms with Crippen molar-refractivity contribution < 1.29 is 27.5 Å². The van der Waals surface area contributed by atoms with Gasteiger partial charge in [-0.05, 0) is 31.0 Å². The molecule has 3 saturated heterocycles. The molecule has 1 aromatic carbocycles. The van der Waals surface area contributed by atoms with E-state index in [9.17, 15) is 22.8 Å². The molecular weight excluding hydrogens is 379 g/mol. The van der Waals surface area contributed by atoms with E-state index in [4.69, 9.17) is 4.74 Å². The highest BCUT2D eigenvalue weighted by Crippen LogP contribution is 2.50. The number of carbonyl (C=O) groups excluding carboxylic acids is 2. The molecule has 0 aliphatic carbocycles. The third kappa shape index (κ3) is 2.07. The van der Waals surface area contributed by atoms with Gasteiger partial charge in [-0.15, -0.1) is 0 Å². The lowest BCUT2D eigenvalue weighted by Crippen LogP contribution is -2.34. The van der Waals surface area contributed by atoms with Crippen LogP contribution in [0.3, 0.4) is 0 Å². The molecule has 122 valence electrons. The summed E-state index contributed by atoms with van der Waals surface area (Å²) in [6.07, 6.45) is -3.72. The van der Waals surface area contributed by atoms with E-state index in [2.05, 4.69) is 15.9 Å². The van der Waals surface area contributed by atoms with Gasteiger partial charge in [-0.3, -0.25) is 9.59 Å². The van der Waals surface area contributed by atoms with E-state index in [0.717, 1.165) is 11.0 Å². The summed E-state index contributed by atoms with van der Waals surface area (Å²) in [5.74, 6) is -2.02. The summed E-state index contributed by atoms with van der Waals surface area (Å²) in [6, 6.07) is 3.39. The van der Waals surface area contributed by atoms with Crippen LogP contribution in [0.2, 0.25) is 0 Å². The van der Waals surface area contributed by atoms with Crippen molar-refractivity contribution in [1.29, 1.82) is 0 Å². The number of alkyl halides is 3. The molecule has 1 aromatic rings. The van der Waals surface area contributed by atoms with Crippen LogP contribution in [0.4, 0.5) is 18.9 Å². The molecular formula is C15H11BrF3NO3. The van der Waals surface area contributed by atoms with Gasteiger partial charge in [0.25, 0.3) is 0 Å². The number of amides is 2. The Bertz CT molecular complexity index is 692. The molecule has 23 heavy (non-hydrogen) atoms. The Balaban J connectivity index is 1.74. The Morgan fingerprint density at radius 2 is 1.65 bits per heavy atom. The maximum Gasteiger partial charge on any atom is 0.417 e. The number of nitrogens with zero attached hydrogens (tertiary/aromatic N) is 1. The highest BCUT2D eigenvalue weighted by Gasteiger charge is 2.62. The number of anilines is 1. The van der Waals surface area contributed by atoms with Crippen molar-refractivity contribution in [3.63, 3.8) is 0 Å². The number of ether oxygens (including phenoxy) is 1. The molecule has 0 spiro atoms. The van der Waals surface area contributed by atoms with Gasteiger partial charge in [-0.25, -0.2) is 4.90 Å². The molecule has 3 aliphatic heterocycles. The van der Waals surface area contributed by atoms with E-state index in [1.165, 1.54) is 12.1 Å².